The van der Waals surface area contributed by atoms with Crippen molar-refractivity contribution >= 4 is 24.0 Å². The fraction of sp³-hybridized carbons (Fsp3) is 0.500. The van der Waals surface area contributed by atoms with Crippen LogP contribution in [0.15, 0.2) is 48.8 Å². The lowest BCUT2D eigenvalue weighted by atomic mass is 9.98. The SMILES string of the molecule is COC(=O)N[C@H](C(=O)N1CCC[C@H]1c1ncc(-c2ccc(-c3ccc(-c4cnc([C@@H]5CCCN5C(=O)[C@@H](NC(=O)OC)C(C)C)[nH]4)c(OCCO)c3OCCO)cc2)[nH]1)C(C)C. The van der Waals surface area contributed by atoms with E-state index in [0.717, 1.165) is 36.1 Å². The molecule has 2 fully saturated rings. The summed E-state index contributed by atoms with van der Waals surface area (Å²) in [5.74, 6) is 1.18. The molecular weight excluding hydrogens is 801 g/mol. The molecule has 2 aliphatic rings. The number of methoxy groups -OCH3 is 2. The molecule has 2 aromatic heterocycles. The fourth-order valence-electron chi connectivity index (χ4n) is 8.09. The fourth-order valence-corrected chi connectivity index (χ4v) is 8.09. The molecule has 6 N–H and O–H groups in total. The summed E-state index contributed by atoms with van der Waals surface area (Å²) in [7, 11) is 2.53. The number of hydrogen-bond donors (Lipinski definition) is 6. The van der Waals surface area contributed by atoms with E-state index >= 15 is 0 Å². The van der Waals surface area contributed by atoms with Gasteiger partial charge < -0.3 is 59.6 Å². The smallest absolute Gasteiger partial charge is 0.407 e. The van der Waals surface area contributed by atoms with Crippen LogP contribution in [0.5, 0.6) is 11.5 Å². The zero-order valence-corrected chi connectivity index (χ0v) is 36.1. The van der Waals surface area contributed by atoms with Crippen LogP contribution in [0.2, 0.25) is 0 Å². The van der Waals surface area contributed by atoms with Crippen LogP contribution in [0.3, 0.4) is 0 Å². The normalized spacial score (nSPS) is 17.3. The van der Waals surface area contributed by atoms with E-state index in [0.29, 0.717) is 59.5 Å². The van der Waals surface area contributed by atoms with Crippen LogP contribution in [0.1, 0.15) is 77.1 Å². The van der Waals surface area contributed by atoms with Crippen LogP contribution >= 0.6 is 0 Å². The van der Waals surface area contributed by atoms with E-state index in [1.165, 1.54) is 14.2 Å². The summed E-state index contributed by atoms with van der Waals surface area (Å²) in [6.07, 6.45) is 5.02. The van der Waals surface area contributed by atoms with Gasteiger partial charge >= 0.3 is 12.2 Å². The summed E-state index contributed by atoms with van der Waals surface area (Å²) in [5.41, 5.74) is 4.27. The standard InChI is InChI=1S/C44H58N8O10/c1-25(2)35(49-43(57)59-5)41(55)51-17-7-9-33(51)39-45-23-31(47-39)28-13-11-27(12-14-28)29-15-16-30(38(62-22-20-54)37(29)61-21-19-53)32-24-46-40(48-32)34-10-8-18-52(34)42(56)36(26(3)4)50-44(58)60-6/h11-16,23-26,33-36,53-54H,7-10,17-22H2,1-6H3,(H,45,47)(H,46,48)(H,49,57)(H,50,58)/t33-,34-,35-,36-/m0/s1. The van der Waals surface area contributed by atoms with Gasteiger partial charge in [-0.2, -0.15) is 0 Å². The van der Waals surface area contributed by atoms with Gasteiger partial charge in [-0.1, -0.05) is 52.0 Å². The van der Waals surface area contributed by atoms with Crippen molar-refractivity contribution in [1.29, 1.82) is 0 Å². The quantitative estimate of drug-likeness (QED) is 0.0827. The highest BCUT2D eigenvalue weighted by Gasteiger charge is 2.39. The van der Waals surface area contributed by atoms with E-state index in [1.807, 2.05) is 64.1 Å². The van der Waals surface area contributed by atoms with Gasteiger partial charge in [-0.05, 0) is 60.8 Å². The second-order valence-electron chi connectivity index (χ2n) is 16.0. The number of rotatable bonds is 17. The molecule has 4 aromatic rings. The number of alkyl carbamates (subject to hydrolysis) is 2. The number of imidazole rings is 2. The highest BCUT2D eigenvalue weighted by Crippen LogP contribution is 2.46. The summed E-state index contributed by atoms with van der Waals surface area (Å²) < 4.78 is 21.9. The molecule has 0 radical (unpaired) electrons. The minimum Gasteiger partial charge on any atom is -0.487 e. The Kier molecular flexibility index (Phi) is 15.1. The zero-order valence-electron chi connectivity index (χ0n) is 36.1. The number of aliphatic hydroxyl groups is 2. The number of nitrogens with one attached hydrogen (secondary N) is 4. The van der Waals surface area contributed by atoms with Gasteiger partial charge in [0.05, 0.1) is 63.3 Å². The molecule has 0 bridgehead atoms. The Balaban J connectivity index is 1.26. The molecule has 4 atom stereocenters. The summed E-state index contributed by atoms with van der Waals surface area (Å²) >= 11 is 0. The Morgan fingerprint density at radius 1 is 0.677 bits per heavy atom. The van der Waals surface area contributed by atoms with E-state index in [4.69, 9.17) is 23.9 Å². The lowest BCUT2D eigenvalue weighted by Gasteiger charge is -2.30. The molecule has 0 aliphatic carbocycles. The number of amides is 4. The van der Waals surface area contributed by atoms with Crippen LogP contribution in [0, 0.1) is 11.8 Å². The third-order valence-electron chi connectivity index (χ3n) is 11.3. The number of nitrogens with zero attached hydrogens (tertiary/aromatic N) is 4. The summed E-state index contributed by atoms with van der Waals surface area (Å²) in [4.78, 5) is 71.2. The van der Waals surface area contributed by atoms with Crippen LogP contribution in [-0.4, -0.2) is 130 Å². The van der Waals surface area contributed by atoms with Crippen molar-refractivity contribution in [3.05, 3.63) is 60.4 Å². The van der Waals surface area contributed by atoms with Gasteiger partial charge in [0.15, 0.2) is 11.5 Å². The molecule has 2 saturated heterocycles. The Morgan fingerprint density at radius 2 is 1.11 bits per heavy atom. The maximum Gasteiger partial charge on any atom is 0.407 e. The molecule has 18 nitrogen and oxygen atoms in total. The first kappa shape index (κ1) is 45.4. The molecule has 18 heteroatoms. The van der Waals surface area contributed by atoms with Gasteiger partial charge in [0, 0.05) is 24.2 Å². The lowest BCUT2D eigenvalue weighted by molar-refractivity contribution is -0.136. The van der Waals surface area contributed by atoms with Gasteiger partial charge in [0.25, 0.3) is 0 Å². The van der Waals surface area contributed by atoms with Crippen molar-refractivity contribution in [3.8, 4) is 45.1 Å². The summed E-state index contributed by atoms with van der Waals surface area (Å²) in [6, 6.07) is 9.35. The van der Waals surface area contributed by atoms with Crippen molar-refractivity contribution in [2.45, 2.75) is 77.5 Å². The third-order valence-corrected chi connectivity index (χ3v) is 11.3. The van der Waals surface area contributed by atoms with Crippen LogP contribution in [-0.2, 0) is 19.1 Å². The highest BCUT2D eigenvalue weighted by atomic mass is 16.5. The second kappa shape index (κ2) is 20.6. The molecular formula is C44H58N8O10. The first-order valence-electron chi connectivity index (χ1n) is 21.1. The van der Waals surface area contributed by atoms with E-state index in [2.05, 4.69) is 25.6 Å². The number of carbonyl (C=O) groups is 4. The first-order chi connectivity index (χ1) is 29.9. The van der Waals surface area contributed by atoms with Crippen LogP contribution in [0.25, 0.3) is 33.6 Å². The first-order valence-corrected chi connectivity index (χ1v) is 21.1. The van der Waals surface area contributed by atoms with Gasteiger partial charge in [0.2, 0.25) is 11.8 Å². The molecule has 62 heavy (non-hydrogen) atoms. The van der Waals surface area contributed by atoms with Crippen LogP contribution in [0.4, 0.5) is 9.59 Å². The number of hydrogen-bond acceptors (Lipinski definition) is 12. The van der Waals surface area contributed by atoms with Gasteiger partial charge in [-0.25, -0.2) is 19.6 Å². The Bertz CT molecular complexity index is 2170. The number of likely N-dealkylation sites (tertiary alicyclic amines) is 2. The molecule has 0 saturated carbocycles. The number of H-pyrrole nitrogens is 2. The van der Waals surface area contributed by atoms with Crippen LogP contribution < -0.4 is 20.1 Å². The molecule has 2 aromatic carbocycles. The van der Waals surface area contributed by atoms with E-state index < -0.39 is 24.3 Å². The Hall–Kier alpha value is -6.14. The number of aromatic amines is 2. The number of benzene rings is 2. The van der Waals surface area contributed by atoms with Gasteiger partial charge in [-0.3, -0.25) is 9.59 Å². The molecule has 4 amide bonds. The lowest BCUT2D eigenvalue weighted by Crippen LogP contribution is -2.51. The minimum atomic E-state index is -0.775. The number of ether oxygens (including phenoxy) is 4. The van der Waals surface area contributed by atoms with Gasteiger partial charge in [-0.15, -0.1) is 0 Å². The zero-order chi connectivity index (χ0) is 44.5. The topological polar surface area (TPSA) is 234 Å². The van der Waals surface area contributed by atoms with Crippen molar-refractivity contribution in [1.82, 2.24) is 40.4 Å². The second-order valence-corrected chi connectivity index (χ2v) is 16.0. The summed E-state index contributed by atoms with van der Waals surface area (Å²) in [5, 5.41) is 25.0. The van der Waals surface area contributed by atoms with Crippen molar-refractivity contribution < 1.29 is 48.3 Å². The third kappa shape index (κ3) is 9.97. The minimum absolute atomic E-state index is 0.0255. The number of carbonyl (C=O) groups excluding carboxylic acids is 4. The molecule has 0 spiro atoms. The van der Waals surface area contributed by atoms with E-state index in [9.17, 15) is 29.4 Å². The maximum absolute atomic E-state index is 13.8. The largest absolute Gasteiger partial charge is 0.487 e. The Morgan fingerprint density at radius 3 is 1.58 bits per heavy atom. The van der Waals surface area contributed by atoms with Crippen molar-refractivity contribution in [2.75, 3.05) is 53.7 Å². The number of aromatic nitrogens is 4. The molecule has 6 rings (SSSR count). The van der Waals surface area contributed by atoms with E-state index in [1.54, 1.807) is 22.2 Å². The predicted octanol–water partition coefficient (Wildman–Crippen LogP) is 4.96. The molecule has 4 heterocycles. The molecule has 0 unspecified atom stereocenters. The Labute approximate surface area is 360 Å². The van der Waals surface area contributed by atoms with Crippen molar-refractivity contribution in [2.24, 2.45) is 11.8 Å². The average Bonchev–Trinajstić information content (AvgIpc) is 4.12. The molecule has 2 aliphatic heterocycles. The number of aliphatic hydroxyl groups excluding tert-OH is 2. The monoisotopic (exact) mass is 858 g/mol. The van der Waals surface area contributed by atoms with E-state index in [-0.39, 0.29) is 62.2 Å². The predicted molar refractivity (Wildman–Crippen MR) is 228 cm³/mol. The highest BCUT2D eigenvalue weighted by molar-refractivity contribution is 5.87. The average molecular weight is 859 g/mol. The summed E-state index contributed by atoms with van der Waals surface area (Å²) in [6.45, 7) is 7.94. The van der Waals surface area contributed by atoms with Gasteiger partial charge in [0.1, 0.15) is 36.9 Å². The molecule has 334 valence electrons. The van der Waals surface area contributed by atoms with Crippen molar-refractivity contribution in [3.63, 3.8) is 0 Å². The maximum atomic E-state index is 13.8.